The number of aliphatic hydroxyl groups is 1. The fourth-order valence-electron chi connectivity index (χ4n) is 6.30. The number of carbonyl (C=O) groups is 4. The van der Waals surface area contributed by atoms with E-state index in [1.165, 1.54) is 96.3 Å². The van der Waals surface area contributed by atoms with Crippen LogP contribution in [0.15, 0.2) is 24.3 Å². The normalized spacial score (nSPS) is 12.7. The summed E-state index contributed by atoms with van der Waals surface area (Å²) in [6.07, 6.45) is 42.0. The molecule has 4 N–H and O–H groups in total. The van der Waals surface area contributed by atoms with Gasteiger partial charge in [-0.05, 0) is 83.5 Å². The minimum absolute atomic E-state index is 0.0452. The van der Waals surface area contributed by atoms with E-state index in [4.69, 9.17) is 14.9 Å². The van der Waals surface area contributed by atoms with Crippen LogP contribution < -0.4 is 10.6 Å². The van der Waals surface area contributed by atoms with Crippen LogP contribution in [0.5, 0.6) is 0 Å². The Morgan fingerprint density at radius 1 is 0.547 bits per heavy atom. The van der Waals surface area contributed by atoms with Crippen molar-refractivity contribution in [2.75, 3.05) is 13.2 Å². The molecule has 53 heavy (non-hydrogen) atoms. The first-order valence-electron chi connectivity index (χ1n) is 21.7. The third-order valence-electron chi connectivity index (χ3n) is 9.67. The molecule has 2 atom stereocenters. The van der Waals surface area contributed by atoms with Crippen molar-refractivity contribution < 1.29 is 34.1 Å². The van der Waals surface area contributed by atoms with Crippen LogP contribution in [0.2, 0.25) is 0 Å². The van der Waals surface area contributed by atoms with Gasteiger partial charge in [-0.25, -0.2) is 4.79 Å². The van der Waals surface area contributed by atoms with E-state index in [-0.39, 0.29) is 24.5 Å². The van der Waals surface area contributed by atoms with Gasteiger partial charge in [0.2, 0.25) is 11.8 Å². The quantitative estimate of drug-likeness (QED) is 0.0278. The maximum absolute atomic E-state index is 12.8. The molecule has 0 aromatic carbocycles. The summed E-state index contributed by atoms with van der Waals surface area (Å²) in [7, 11) is 0. The minimum Gasteiger partial charge on any atom is -0.480 e. The molecule has 2 unspecified atom stereocenters. The van der Waals surface area contributed by atoms with E-state index in [1.54, 1.807) is 0 Å². The molecule has 0 aromatic heterocycles. The first-order valence-corrected chi connectivity index (χ1v) is 21.7. The second kappa shape index (κ2) is 39.0. The Morgan fingerprint density at radius 3 is 1.53 bits per heavy atom. The van der Waals surface area contributed by atoms with Crippen molar-refractivity contribution in [2.24, 2.45) is 0 Å². The van der Waals surface area contributed by atoms with Gasteiger partial charge in [-0.3, -0.25) is 14.4 Å². The van der Waals surface area contributed by atoms with Crippen LogP contribution in [-0.4, -0.2) is 59.3 Å². The molecule has 0 fully saturated rings. The Kier molecular flexibility index (Phi) is 37.1. The molecule has 2 amide bonds. The van der Waals surface area contributed by atoms with Gasteiger partial charge in [-0.1, -0.05) is 134 Å². The van der Waals surface area contributed by atoms with Crippen molar-refractivity contribution in [1.29, 1.82) is 0 Å². The van der Waals surface area contributed by atoms with E-state index >= 15 is 0 Å². The van der Waals surface area contributed by atoms with Crippen molar-refractivity contribution >= 4 is 23.8 Å². The molecule has 0 rings (SSSR count). The van der Waals surface area contributed by atoms with Crippen LogP contribution in [0, 0.1) is 0 Å². The largest absolute Gasteiger partial charge is 0.480 e. The van der Waals surface area contributed by atoms with Crippen LogP contribution in [0.25, 0.3) is 0 Å². The summed E-state index contributed by atoms with van der Waals surface area (Å²) in [6.45, 7) is 3.46. The maximum Gasteiger partial charge on any atom is 0.328 e. The standard InChI is InChI=1S/C44H80N2O7/c1-3-5-7-9-11-13-15-17-18-20-22-25-29-33-39(53-43(50)36-32-28-23-21-19-16-14-12-10-8-6-4-2)34-30-26-24-27-31-35-41(48)45-37-42(49)46-40(38-47)44(51)52/h12,14,20,22,39-40,47H,3-11,13,15-19,21,23-38H2,1-2H3,(H,45,48)(H,46,49)(H,51,52)/b14-12-,22-20-. The number of aliphatic hydroxyl groups excluding tert-OH is 1. The Balaban J connectivity index is 4.36. The zero-order chi connectivity index (χ0) is 39.0. The van der Waals surface area contributed by atoms with Crippen molar-refractivity contribution in [3.05, 3.63) is 24.3 Å². The number of ether oxygens (including phenoxy) is 1. The van der Waals surface area contributed by atoms with Gasteiger partial charge in [0.05, 0.1) is 13.2 Å². The summed E-state index contributed by atoms with van der Waals surface area (Å²) in [5.74, 6) is -2.32. The number of rotatable bonds is 39. The number of aliphatic carboxylic acids is 1. The molecule has 308 valence electrons. The van der Waals surface area contributed by atoms with E-state index in [1.807, 2.05) is 0 Å². The van der Waals surface area contributed by atoms with Gasteiger partial charge in [0.1, 0.15) is 12.1 Å². The first-order chi connectivity index (χ1) is 25.8. The number of carboxylic acid groups (broad SMARTS) is 1. The van der Waals surface area contributed by atoms with Gasteiger partial charge in [-0.2, -0.15) is 0 Å². The number of nitrogens with one attached hydrogen (secondary N) is 2. The lowest BCUT2D eigenvalue weighted by molar-refractivity contribution is -0.150. The van der Waals surface area contributed by atoms with Crippen molar-refractivity contribution in [2.45, 2.75) is 219 Å². The van der Waals surface area contributed by atoms with E-state index in [9.17, 15) is 19.2 Å². The average molecular weight is 749 g/mol. The smallest absolute Gasteiger partial charge is 0.328 e. The fraction of sp³-hybridized carbons (Fsp3) is 0.818. The van der Waals surface area contributed by atoms with E-state index < -0.39 is 24.5 Å². The third kappa shape index (κ3) is 36.1. The number of carbonyl (C=O) groups excluding carboxylic acids is 3. The molecular formula is C44H80N2O7. The zero-order valence-corrected chi connectivity index (χ0v) is 34.0. The van der Waals surface area contributed by atoms with Crippen LogP contribution in [0.1, 0.15) is 206 Å². The number of carboxylic acids is 1. The highest BCUT2D eigenvalue weighted by molar-refractivity contribution is 5.87. The van der Waals surface area contributed by atoms with Crippen molar-refractivity contribution in [3.63, 3.8) is 0 Å². The van der Waals surface area contributed by atoms with Crippen LogP contribution in [-0.2, 0) is 23.9 Å². The summed E-state index contributed by atoms with van der Waals surface area (Å²) < 4.78 is 6.00. The van der Waals surface area contributed by atoms with Gasteiger partial charge in [0.25, 0.3) is 0 Å². The minimum atomic E-state index is -1.38. The molecule has 0 heterocycles. The topological polar surface area (TPSA) is 142 Å². The van der Waals surface area contributed by atoms with Crippen molar-refractivity contribution in [3.8, 4) is 0 Å². The highest BCUT2D eigenvalue weighted by Crippen LogP contribution is 2.18. The molecule has 0 spiro atoms. The van der Waals surface area contributed by atoms with Crippen LogP contribution in [0.3, 0.4) is 0 Å². The van der Waals surface area contributed by atoms with E-state index in [0.29, 0.717) is 19.3 Å². The number of hydrogen-bond donors (Lipinski definition) is 4. The van der Waals surface area contributed by atoms with E-state index in [2.05, 4.69) is 48.8 Å². The molecule has 0 radical (unpaired) electrons. The molecule has 0 saturated heterocycles. The fourth-order valence-corrected chi connectivity index (χ4v) is 6.30. The van der Waals surface area contributed by atoms with Gasteiger partial charge in [-0.15, -0.1) is 0 Å². The second-order valence-corrected chi connectivity index (χ2v) is 14.8. The number of amides is 2. The van der Waals surface area contributed by atoms with Gasteiger partial charge >= 0.3 is 11.9 Å². The molecule has 0 aliphatic heterocycles. The van der Waals surface area contributed by atoms with Crippen LogP contribution >= 0.6 is 0 Å². The highest BCUT2D eigenvalue weighted by atomic mass is 16.5. The molecule has 0 aliphatic carbocycles. The number of hydrogen-bond acceptors (Lipinski definition) is 6. The van der Waals surface area contributed by atoms with Crippen molar-refractivity contribution in [1.82, 2.24) is 10.6 Å². The monoisotopic (exact) mass is 749 g/mol. The molecular weight excluding hydrogens is 668 g/mol. The molecule has 0 saturated carbocycles. The SMILES string of the molecule is CCCCC/C=C\CCCCCCCC(=O)OC(CCC/C=C\CCCCCCCCCC)CCCCCCCC(=O)NCC(=O)NC(CO)C(=O)O. The highest BCUT2D eigenvalue weighted by Gasteiger charge is 2.19. The van der Waals surface area contributed by atoms with Gasteiger partial charge < -0.3 is 25.6 Å². The Labute approximate surface area is 324 Å². The molecule has 0 bridgehead atoms. The maximum atomic E-state index is 12.8. The van der Waals surface area contributed by atoms with Crippen LogP contribution in [0.4, 0.5) is 0 Å². The second-order valence-electron chi connectivity index (χ2n) is 14.8. The number of allylic oxidation sites excluding steroid dienone is 4. The third-order valence-corrected chi connectivity index (χ3v) is 9.67. The lowest BCUT2D eigenvalue weighted by Gasteiger charge is -2.18. The summed E-state index contributed by atoms with van der Waals surface area (Å²) in [5.41, 5.74) is 0. The number of esters is 1. The van der Waals surface area contributed by atoms with Gasteiger partial charge in [0.15, 0.2) is 0 Å². The van der Waals surface area contributed by atoms with E-state index in [0.717, 1.165) is 77.0 Å². The van der Waals surface area contributed by atoms with Gasteiger partial charge in [0, 0.05) is 12.8 Å². The lowest BCUT2D eigenvalue weighted by Crippen LogP contribution is -2.47. The summed E-state index contributed by atoms with van der Waals surface area (Å²) >= 11 is 0. The summed E-state index contributed by atoms with van der Waals surface area (Å²) in [4.78, 5) is 47.5. The lowest BCUT2D eigenvalue weighted by atomic mass is 10.0. The predicted octanol–water partition coefficient (Wildman–Crippen LogP) is 10.4. The summed E-state index contributed by atoms with van der Waals surface area (Å²) in [6, 6.07) is -1.38. The average Bonchev–Trinajstić information content (AvgIpc) is 3.14. The Hall–Kier alpha value is -2.68. The predicted molar refractivity (Wildman–Crippen MR) is 218 cm³/mol. The molecule has 0 aliphatic rings. The molecule has 9 heteroatoms. The molecule has 0 aromatic rings. The first kappa shape index (κ1) is 50.3. The molecule has 9 nitrogen and oxygen atoms in total. The Bertz CT molecular complexity index is 952. The summed E-state index contributed by atoms with van der Waals surface area (Å²) in [5, 5.41) is 22.5. The number of unbranched alkanes of at least 4 members (excludes halogenated alkanes) is 21. The zero-order valence-electron chi connectivity index (χ0n) is 34.0. The Morgan fingerprint density at radius 2 is 0.981 bits per heavy atom.